The van der Waals surface area contributed by atoms with Crippen LogP contribution < -0.4 is 21.7 Å². The second kappa shape index (κ2) is 12.9. The van der Waals surface area contributed by atoms with Gasteiger partial charge in [0.15, 0.2) is 0 Å². The first-order chi connectivity index (χ1) is 14.2. The Balaban J connectivity index is 3.03. The van der Waals surface area contributed by atoms with E-state index in [4.69, 9.17) is 5.73 Å². The zero-order valence-corrected chi connectivity index (χ0v) is 18.0. The second-order valence-electron chi connectivity index (χ2n) is 7.29. The van der Waals surface area contributed by atoms with Crippen molar-refractivity contribution >= 4 is 36.3 Å². The average molecular weight is 439 g/mol. The maximum Gasteiger partial charge on any atom is 0.327 e. The molecule has 0 saturated heterocycles. The van der Waals surface area contributed by atoms with Crippen LogP contribution in [0.1, 0.15) is 25.8 Å². The van der Waals surface area contributed by atoms with E-state index in [1.165, 1.54) is 0 Å². The monoisotopic (exact) mass is 438 g/mol. The van der Waals surface area contributed by atoms with Crippen LogP contribution in [0.25, 0.3) is 0 Å². The van der Waals surface area contributed by atoms with Crippen molar-refractivity contribution in [2.75, 3.05) is 12.3 Å². The van der Waals surface area contributed by atoms with Crippen LogP contribution in [0.4, 0.5) is 0 Å². The van der Waals surface area contributed by atoms with E-state index in [-0.39, 0.29) is 24.6 Å². The Kier molecular flexibility index (Phi) is 10.9. The molecule has 3 unspecified atom stereocenters. The van der Waals surface area contributed by atoms with E-state index < -0.39 is 41.8 Å². The summed E-state index contributed by atoms with van der Waals surface area (Å²) in [5.41, 5.74) is 6.11. The van der Waals surface area contributed by atoms with Gasteiger partial charge in [0.2, 0.25) is 17.7 Å². The Morgan fingerprint density at radius 2 is 1.53 bits per heavy atom. The molecule has 0 radical (unpaired) electrons. The number of amides is 3. The highest BCUT2D eigenvalue weighted by atomic mass is 32.1. The molecule has 10 heteroatoms. The van der Waals surface area contributed by atoms with Gasteiger partial charge in [-0.15, -0.1) is 0 Å². The molecule has 166 valence electrons. The molecule has 0 heterocycles. The van der Waals surface area contributed by atoms with E-state index >= 15 is 0 Å². The minimum absolute atomic E-state index is 0.0980. The number of carboxylic acid groups (broad SMARTS) is 1. The molecule has 9 nitrogen and oxygen atoms in total. The standard InChI is InChI=1S/C20H30N4O5S/c1-12(2)8-14(22-17(25)10-21)18(26)23-15(9-13-6-4-3-5-7-13)19(27)24-16(11-30)20(28)29/h3-7,12,14-16,30H,8-11,21H2,1-2H3,(H,22,25)(H,23,26)(H,24,27)(H,28,29). The molecular weight excluding hydrogens is 408 g/mol. The van der Waals surface area contributed by atoms with Gasteiger partial charge in [0.05, 0.1) is 6.54 Å². The van der Waals surface area contributed by atoms with Crippen molar-refractivity contribution in [3.63, 3.8) is 0 Å². The fourth-order valence-electron chi connectivity index (χ4n) is 2.75. The minimum Gasteiger partial charge on any atom is -0.480 e. The fourth-order valence-corrected chi connectivity index (χ4v) is 2.99. The van der Waals surface area contributed by atoms with Gasteiger partial charge in [-0.3, -0.25) is 14.4 Å². The van der Waals surface area contributed by atoms with Crippen molar-refractivity contribution in [3.8, 4) is 0 Å². The molecule has 1 rings (SSSR count). The summed E-state index contributed by atoms with van der Waals surface area (Å²) in [6, 6.07) is 5.90. The van der Waals surface area contributed by atoms with Crippen LogP contribution in [0.5, 0.6) is 0 Å². The van der Waals surface area contributed by atoms with Crippen molar-refractivity contribution in [2.24, 2.45) is 11.7 Å². The largest absolute Gasteiger partial charge is 0.480 e. The average Bonchev–Trinajstić information content (AvgIpc) is 2.70. The van der Waals surface area contributed by atoms with E-state index in [0.29, 0.717) is 6.42 Å². The summed E-state index contributed by atoms with van der Waals surface area (Å²) in [4.78, 5) is 48.5. The minimum atomic E-state index is -1.23. The number of carbonyl (C=O) groups excluding carboxylic acids is 3. The van der Waals surface area contributed by atoms with Gasteiger partial charge in [0.25, 0.3) is 0 Å². The van der Waals surface area contributed by atoms with Gasteiger partial charge >= 0.3 is 5.97 Å². The molecule has 3 atom stereocenters. The van der Waals surface area contributed by atoms with Crippen LogP contribution in [0.15, 0.2) is 30.3 Å². The van der Waals surface area contributed by atoms with Gasteiger partial charge < -0.3 is 26.8 Å². The van der Waals surface area contributed by atoms with Crippen LogP contribution >= 0.6 is 12.6 Å². The van der Waals surface area contributed by atoms with Gasteiger partial charge in [0.1, 0.15) is 18.1 Å². The number of benzene rings is 1. The molecule has 0 aliphatic rings. The highest BCUT2D eigenvalue weighted by Crippen LogP contribution is 2.08. The first kappa shape index (κ1) is 25.4. The zero-order valence-electron chi connectivity index (χ0n) is 17.1. The van der Waals surface area contributed by atoms with Crippen molar-refractivity contribution in [1.82, 2.24) is 16.0 Å². The SMILES string of the molecule is CC(C)CC(NC(=O)CN)C(=O)NC(Cc1ccccc1)C(=O)NC(CS)C(=O)O. The molecule has 0 fully saturated rings. The summed E-state index contributed by atoms with van der Waals surface area (Å²) in [7, 11) is 0. The van der Waals surface area contributed by atoms with Crippen molar-refractivity contribution < 1.29 is 24.3 Å². The Hall–Kier alpha value is -2.59. The molecule has 1 aromatic rings. The number of thiol groups is 1. The topological polar surface area (TPSA) is 151 Å². The lowest BCUT2D eigenvalue weighted by atomic mass is 10.0. The second-order valence-corrected chi connectivity index (χ2v) is 7.65. The summed E-state index contributed by atoms with van der Waals surface area (Å²) in [5.74, 6) is -2.91. The molecule has 30 heavy (non-hydrogen) atoms. The number of hydrogen-bond acceptors (Lipinski definition) is 6. The lowest BCUT2D eigenvalue weighted by Crippen LogP contribution is -2.57. The third-order valence-electron chi connectivity index (χ3n) is 4.26. The summed E-state index contributed by atoms with van der Waals surface area (Å²) in [6.07, 6.45) is 0.502. The highest BCUT2D eigenvalue weighted by molar-refractivity contribution is 7.80. The van der Waals surface area contributed by atoms with E-state index in [2.05, 4.69) is 28.6 Å². The molecule has 0 spiro atoms. The van der Waals surface area contributed by atoms with E-state index in [0.717, 1.165) is 5.56 Å². The Labute approximate surface area is 181 Å². The molecule has 0 saturated carbocycles. The predicted molar refractivity (Wildman–Crippen MR) is 116 cm³/mol. The number of nitrogens with one attached hydrogen (secondary N) is 3. The van der Waals surface area contributed by atoms with Gasteiger partial charge in [-0.05, 0) is 17.9 Å². The van der Waals surface area contributed by atoms with Crippen molar-refractivity contribution in [1.29, 1.82) is 0 Å². The first-order valence-electron chi connectivity index (χ1n) is 9.65. The smallest absolute Gasteiger partial charge is 0.327 e. The molecular formula is C20H30N4O5S. The van der Waals surface area contributed by atoms with Crippen LogP contribution in [-0.2, 0) is 25.6 Å². The quantitative estimate of drug-likeness (QED) is 0.247. The number of aliphatic carboxylic acids is 1. The molecule has 1 aromatic carbocycles. The molecule has 0 bridgehead atoms. The maximum atomic E-state index is 12.8. The molecule has 6 N–H and O–H groups in total. The zero-order chi connectivity index (χ0) is 22.7. The van der Waals surface area contributed by atoms with Crippen LogP contribution in [0.2, 0.25) is 0 Å². The number of rotatable bonds is 12. The Morgan fingerprint density at radius 1 is 0.967 bits per heavy atom. The van der Waals surface area contributed by atoms with Crippen molar-refractivity contribution in [3.05, 3.63) is 35.9 Å². The highest BCUT2D eigenvalue weighted by Gasteiger charge is 2.29. The molecule has 0 aromatic heterocycles. The van der Waals surface area contributed by atoms with Crippen LogP contribution in [0.3, 0.4) is 0 Å². The Morgan fingerprint density at radius 3 is 2.03 bits per heavy atom. The van der Waals surface area contributed by atoms with E-state index in [9.17, 15) is 24.3 Å². The van der Waals surface area contributed by atoms with E-state index in [1.54, 1.807) is 24.3 Å². The van der Waals surface area contributed by atoms with E-state index in [1.807, 2.05) is 19.9 Å². The van der Waals surface area contributed by atoms with Gasteiger partial charge in [-0.2, -0.15) is 12.6 Å². The van der Waals surface area contributed by atoms with Gasteiger partial charge in [0, 0.05) is 12.2 Å². The Bertz CT molecular complexity index is 729. The maximum absolute atomic E-state index is 12.8. The number of nitrogens with two attached hydrogens (primary N) is 1. The van der Waals surface area contributed by atoms with Gasteiger partial charge in [-0.25, -0.2) is 4.79 Å². The normalized spacial score (nSPS) is 13.8. The lowest BCUT2D eigenvalue weighted by molar-refractivity contribution is -0.141. The fraction of sp³-hybridized carbons (Fsp3) is 0.500. The third-order valence-corrected chi connectivity index (χ3v) is 4.62. The van der Waals surface area contributed by atoms with Crippen LogP contribution in [0, 0.1) is 5.92 Å². The number of hydrogen-bond donors (Lipinski definition) is 6. The predicted octanol–water partition coefficient (Wildman–Crippen LogP) is -0.297. The number of carbonyl (C=O) groups is 4. The summed E-state index contributed by atoms with van der Waals surface area (Å²) < 4.78 is 0. The molecule has 3 amide bonds. The summed E-state index contributed by atoms with van der Waals surface area (Å²) in [5, 5.41) is 16.8. The van der Waals surface area contributed by atoms with Crippen LogP contribution in [-0.4, -0.2) is 59.2 Å². The number of carboxylic acids is 1. The first-order valence-corrected chi connectivity index (χ1v) is 10.3. The van der Waals surface area contributed by atoms with Crippen molar-refractivity contribution in [2.45, 2.75) is 44.8 Å². The van der Waals surface area contributed by atoms with Gasteiger partial charge in [-0.1, -0.05) is 44.2 Å². The summed E-state index contributed by atoms with van der Waals surface area (Å²) >= 11 is 3.94. The lowest BCUT2D eigenvalue weighted by Gasteiger charge is -2.25. The molecule has 0 aliphatic carbocycles. The third kappa shape index (κ3) is 8.83. The molecule has 0 aliphatic heterocycles. The summed E-state index contributed by atoms with van der Waals surface area (Å²) in [6.45, 7) is 3.53.